The molecular weight excluding hydrogens is 508 g/mol. The quantitative estimate of drug-likeness (QED) is 0.357. The van der Waals surface area contributed by atoms with E-state index in [0.29, 0.717) is 5.56 Å². The van der Waals surface area contributed by atoms with Crippen molar-refractivity contribution in [3.63, 3.8) is 0 Å². The molecule has 1 saturated heterocycles. The van der Waals surface area contributed by atoms with Crippen LogP contribution in [0.2, 0.25) is 0 Å². The zero-order chi connectivity index (χ0) is 25.8. The van der Waals surface area contributed by atoms with Gasteiger partial charge in [0, 0.05) is 23.9 Å². The minimum Gasteiger partial charge on any atom is -0.295 e. The third-order valence-corrected chi connectivity index (χ3v) is 8.48. The Morgan fingerprint density at radius 2 is 1.43 bits per heavy atom. The molecule has 0 N–H and O–H groups in total. The van der Waals surface area contributed by atoms with Crippen molar-refractivity contribution in [2.75, 3.05) is 11.4 Å². The van der Waals surface area contributed by atoms with Crippen LogP contribution in [-0.4, -0.2) is 37.6 Å². The average molecular weight is 529 g/mol. The van der Waals surface area contributed by atoms with Gasteiger partial charge in [0.15, 0.2) is 0 Å². The number of nitrogens with zero attached hydrogens (tertiary/aromatic N) is 4. The van der Waals surface area contributed by atoms with Gasteiger partial charge in [0.1, 0.15) is 6.54 Å². The number of aryl methyl sites for hydroxylation is 2. The molecule has 0 radical (unpaired) electrons. The van der Waals surface area contributed by atoms with E-state index in [1.165, 1.54) is 4.57 Å². The first-order chi connectivity index (χ1) is 17.8. The third-order valence-electron chi connectivity index (χ3n) is 6.44. The average Bonchev–Trinajstić information content (AvgIpc) is 3.28. The molecule has 3 aromatic carbocycles. The molecule has 8 nitrogen and oxygen atoms in total. The van der Waals surface area contributed by atoms with Crippen molar-refractivity contribution in [1.82, 2.24) is 14.0 Å². The summed E-state index contributed by atoms with van der Waals surface area (Å²) in [5, 5.41) is -0.495. The van der Waals surface area contributed by atoms with Crippen LogP contribution in [-0.2, 0) is 23.7 Å². The maximum Gasteiger partial charge on any atom is 0.328 e. The van der Waals surface area contributed by atoms with E-state index in [9.17, 15) is 19.2 Å². The Morgan fingerprint density at radius 3 is 2.11 bits per heavy atom. The van der Waals surface area contributed by atoms with Crippen LogP contribution in [0.4, 0.5) is 16.2 Å². The lowest BCUT2D eigenvalue weighted by Crippen LogP contribution is -2.41. The highest BCUT2D eigenvalue weighted by Crippen LogP contribution is 2.48. The number of hydrogen-bond donors (Lipinski definition) is 0. The molecule has 184 valence electrons. The predicted octanol–water partition coefficient (Wildman–Crippen LogP) is 4.74. The molecule has 2 aliphatic heterocycles. The molecule has 0 aliphatic carbocycles. The fourth-order valence-corrected chi connectivity index (χ4v) is 6.48. The lowest BCUT2D eigenvalue weighted by Gasteiger charge is -2.31. The third kappa shape index (κ3) is 3.80. The van der Waals surface area contributed by atoms with Crippen LogP contribution in [0.3, 0.4) is 0 Å². The number of carbonyl (C=O) groups is 3. The maximum absolute atomic E-state index is 13.6. The summed E-state index contributed by atoms with van der Waals surface area (Å²) in [6.07, 6.45) is 1.62. The number of carbonyl (C=O) groups excluding carboxylic acids is 3. The molecule has 2 aliphatic rings. The highest BCUT2D eigenvalue weighted by molar-refractivity contribution is 8.18. The van der Waals surface area contributed by atoms with Crippen molar-refractivity contribution in [1.29, 1.82) is 0 Å². The minimum atomic E-state index is -0.515. The molecule has 3 amide bonds. The summed E-state index contributed by atoms with van der Waals surface area (Å²) < 4.78 is 3.08. The number of anilines is 2. The van der Waals surface area contributed by atoms with E-state index in [2.05, 4.69) is 0 Å². The summed E-state index contributed by atoms with van der Waals surface area (Å²) in [7, 11) is 3.38. The molecule has 10 heteroatoms. The Hall–Kier alpha value is -4.02. The summed E-state index contributed by atoms with van der Waals surface area (Å²) in [4.78, 5) is 56.5. The van der Waals surface area contributed by atoms with Gasteiger partial charge >= 0.3 is 5.69 Å². The van der Waals surface area contributed by atoms with Crippen LogP contribution in [0.1, 0.15) is 5.56 Å². The highest BCUT2D eigenvalue weighted by Gasteiger charge is 2.38. The topological polar surface area (TPSA) is 84.6 Å². The lowest BCUT2D eigenvalue weighted by atomic mass is 10.1. The predicted molar refractivity (Wildman–Crippen MR) is 145 cm³/mol. The second-order valence-electron chi connectivity index (χ2n) is 8.68. The van der Waals surface area contributed by atoms with Crippen LogP contribution in [0, 0.1) is 0 Å². The molecule has 3 heterocycles. The fourth-order valence-electron chi connectivity index (χ4n) is 4.58. The largest absolute Gasteiger partial charge is 0.328 e. The van der Waals surface area contributed by atoms with E-state index >= 15 is 0 Å². The number of fused-ring (bicyclic) bond motifs is 3. The van der Waals surface area contributed by atoms with Gasteiger partial charge in [0.05, 0.1) is 27.3 Å². The standard InChI is InChI=1S/C27H20N4O4S2/c1-28-17-12-11-16(13-20(17)29(2)26(28)34)14-23-25(33)30(27(35)37-23)15-24(32)31-18-7-3-5-9-21(18)36-22-10-6-4-8-19(22)31/h3-14H,15H2,1-2H3. The van der Waals surface area contributed by atoms with Crippen LogP contribution < -0.4 is 10.6 Å². The van der Waals surface area contributed by atoms with Crippen LogP contribution in [0.25, 0.3) is 17.1 Å². The molecule has 37 heavy (non-hydrogen) atoms. The molecule has 0 atom stereocenters. The Kier molecular flexibility index (Phi) is 5.58. The summed E-state index contributed by atoms with van der Waals surface area (Å²) in [5.74, 6) is -0.886. The first-order valence-electron chi connectivity index (χ1n) is 11.4. The van der Waals surface area contributed by atoms with Crippen molar-refractivity contribution in [3.05, 3.63) is 87.7 Å². The van der Waals surface area contributed by atoms with Crippen molar-refractivity contribution in [2.24, 2.45) is 14.1 Å². The Morgan fingerprint density at radius 1 is 0.811 bits per heavy atom. The molecular formula is C27H20N4O4S2. The molecule has 4 aromatic rings. The van der Waals surface area contributed by atoms with E-state index in [0.717, 1.165) is 48.9 Å². The zero-order valence-electron chi connectivity index (χ0n) is 19.9. The summed E-state index contributed by atoms with van der Waals surface area (Å²) in [6, 6.07) is 20.5. The van der Waals surface area contributed by atoms with Crippen LogP contribution in [0.5, 0.6) is 0 Å². The molecule has 0 bridgehead atoms. The molecule has 0 spiro atoms. The van der Waals surface area contributed by atoms with Gasteiger partial charge in [-0.05, 0) is 59.8 Å². The molecule has 6 rings (SSSR count). The van der Waals surface area contributed by atoms with Crippen LogP contribution in [0.15, 0.2) is 86.2 Å². The lowest BCUT2D eigenvalue weighted by molar-refractivity contribution is -0.127. The minimum absolute atomic E-state index is 0.148. The van der Waals surface area contributed by atoms with Crippen molar-refractivity contribution in [3.8, 4) is 0 Å². The number of benzene rings is 3. The molecule has 0 unspecified atom stereocenters. The number of para-hydroxylation sites is 2. The van der Waals surface area contributed by atoms with E-state index in [1.54, 1.807) is 59.6 Å². The van der Waals surface area contributed by atoms with Gasteiger partial charge in [-0.3, -0.25) is 33.3 Å². The number of thioether (sulfide) groups is 1. The second-order valence-corrected chi connectivity index (χ2v) is 10.8. The van der Waals surface area contributed by atoms with Gasteiger partial charge in [0.25, 0.3) is 17.1 Å². The number of imidazole rings is 1. The summed E-state index contributed by atoms with van der Waals surface area (Å²) in [5.41, 5.74) is 3.47. The summed E-state index contributed by atoms with van der Waals surface area (Å²) >= 11 is 2.38. The molecule has 1 fully saturated rings. The van der Waals surface area contributed by atoms with Gasteiger partial charge in [-0.2, -0.15) is 0 Å². The number of rotatable bonds is 3. The zero-order valence-corrected chi connectivity index (χ0v) is 21.5. The summed E-state index contributed by atoms with van der Waals surface area (Å²) in [6.45, 7) is -0.373. The van der Waals surface area contributed by atoms with Crippen molar-refractivity contribution < 1.29 is 14.4 Å². The van der Waals surface area contributed by atoms with E-state index in [-0.39, 0.29) is 23.0 Å². The number of imide groups is 1. The van der Waals surface area contributed by atoms with E-state index in [4.69, 9.17) is 0 Å². The monoisotopic (exact) mass is 528 g/mol. The Labute approximate surface area is 220 Å². The Balaban J connectivity index is 1.29. The van der Waals surface area contributed by atoms with E-state index in [1.807, 2.05) is 48.5 Å². The smallest absolute Gasteiger partial charge is 0.295 e. The van der Waals surface area contributed by atoms with Crippen LogP contribution >= 0.6 is 23.5 Å². The fraction of sp³-hybridized carbons (Fsp3) is 0.111. The number of amides is 3. The van der Waals surface area contributed by atoms with Gasteiger partial charge in [-0.25, -0.2) is 4.79 Å². The maximum atomic E-state index is 13.6. The van der Waals surface area contributed by atoms with Gasteiger partial charge in [-0.15, -0.1) is 0 Å². The first kappa shape index (κ1) is 23.4. The SMILES string of the molecule is Cn1c(=O)n(C)c2cc(C=C3SC(=O)N(CC(=O)N4c5ccccc5Sc5ccccc54)C3=O)ccc21. The molecule has 0 saturated carbocycles. The van der Waals surface area contributed by atoms with Crippen molar-refractivity contribution >= 4 is 69.1 Å². The van der Waals surface area contributed by atoms with Gasteiger partial charge < -0.3 is 0 Å². The first-order valence-corrected chi connectivity index (χ1v) is 13.1. The Bertz CT molecular complexity index is 1690. The van der Waals surface area contributed by atoms with Gasteiger partial charge in [0.2, 0.25) is 0 Å². The van der Waals surface area contributed by atoms with Gasteiger partial charge in [-0.1, -0.05) is 42.1 Å². The second kappa shape index (κ2) is 8.82. The number of hydrogen-bond acceptors (Lipinski definition) is 6. The normalized spacial score (nSPS) is 16.0. The number of aromatic nitrogens is 2. The van der Waals surface area contributed by atoms with E-state index < -0.39 is 11.1 Å². The van der Waals surface area contributed by atoms with Crippen molar-refractivity contribution in [2.45, 2.75) is 9.79 Å². The molecule has 1 aromatic heterocycles. The highest BCUT2D eigenvalue weighted by atomic mass is 32.2.